The summed E-state index contributed by atoms with van der Waals surface area (Å²) in [7, 11) is -3.74. The average molecular weight is 457 g/mol. The molecule has 2 aliphatic heterocycles. The monoisotopic (exact) mass is 457 g/mol. The highest BCUT2D eigenvalue weighted by Gasteiger charge is 2.32. The summed E-state index contributed by atoms with van der Waals surface area (Å²) in [5.74, 6) is 0.662. The maximum Gasteiger partial charge on any atom is 0.573 e. The largest absolute Gasteiger partial charge is 0.573 e. The average Bonchev–Trinajstić information content (AvgIpc) is 3.13. The fraction of sp³-hybridized carbons (Fsp3) is 0.429. The summed E-state index contributed by atoms with van der Waals surface area (Å²) in [6.07, 6.45) is -4.18. The second kappa shape index (κ2) is 8.58. The van der Waals surface area contributed by atoms with Gasteiger partial charge in [-0.15, -0.1) is 13.2 Å². The van der Waals surface area contributed by atoms with E-state index in [9.17, 15) is 21.6 Å². The van der Waals surface area contributed by atoms with Gasteiger partial charge in [-0.3, -0.25) is 4.90 Å². The molecule has 4 rings (SSSR count). The summed E-state index contributed by atoms with van der Waals surface area (Å²) in [6, 6.07) is 10.3. The van der Waals surface area contributed by atoms with Gasteiger partial charge in [0.1, 0.15) is 19.0 Å². The molecule has 0 saturated carbocycles. The molecule has 2 aliphatic rings. The lowest BCUT2D eigenvalue weighted by molar-refractivity contribution is -0.274. The second-order valence-corrected chi connectivity index (χ2v) is 9.71. The summed E-state index contributed by atoms with van der Waals surface area (Å²) >= 11 is 0. The number of alkyl halides is 3. The van der Waals surface area contributed by atoms with Crippen molar-refractivity contribution in [3.8, 4) is 17.2 Å². The number of nitrogens with zero attached hydrogens (tertiary/aromatic N) is 1. The highest BCUT2D eigenvalue weighted by Crippen LogP contribution is 2.32. The molecule has 0 bridgehead atoms. The van der Waals surface area contributed by atoms with Crippen LogP contribution in [0.3, 0.4) is 0 Å². The molecule has 168 valence electrons. The molecule has 1 fully saturated rings. The van der Waals surface area contributed by atoms with Crippen molar-refractivity contribution in [1.82, 2.24) is 4.90 Å². The van der Waals surface area contributed by atoms with E-state index >= 15 is 0 Å². The van der Waals surface area contributed by atoms with Crippen molar-refractivity contribution in [2.45, 2.75) is 24.2 Å². The quantitative estimate of drug-likeness (QED) is 0.660. The smallest absolute Gasteiger partial charge is 0.486 e. The van der Waals surface area contributed by atoms with Crippen LogP contribution in [-0.4, -0.2) is 51.7 Å². The molecule has 31 heavy (non-hydrogen) atoms. The van der Waals surface area contributed by atoms with Gasteiger partial charge in [-0.25, -0.2) is 8.42 Å². The van der Waals surface area contributed by atoms with E-state index in [1.807, 2.05) is 18.2 Å². The van der Waals surface area contributed by atoms with Gasteiger partial charge in [-0.05, 0) is 54.8 Å². The van der Waals surface area contributed by atoms with E-state index < -0.39 is 21.9 Å². The van der Waals surface area contributed by atoms with Gasteiger partial charge in [0.15, 0.2) is 21.3 Å². The lowest BCUT2D eigenvalue weighted by Gasteiger charge is -2.21. The molecule has 0 unspecified atom stereocenters. The van der Waals surface area contributed by atoms with Gasteiger partial charge in [0, 0.05) is 13.1 Å². The fourth-order valence-corrected chi connectivity index (χ4v) is 5.57. The zero-order valence-corrected chi connectivity index (χ0v) is 17.4. The molecule has 6 nitrogen and oxygen atoms in total. The zero-order valence-electron chi connectivity index (χ0n) is 16.6. The van der Waals surface area contributed by atoms with Crippen molar-refractivity contribution >= 4 is 9.84 Å². The molecular weight excluding hydrogens is 435 g/mol. The van der Waals surface area contributed by atoms with Gasteiger partial charge in [-0.2, -0.15) is 0 Å². The van der Waals surface area contributed by atoms with E-state index in [0.29, 0.717) is 38.5 Å². The first-order valence-electron chi connectivity index (χ1n) is 9.87. The number of rotatable bonds is 6. The highest BCUT2D eigenvalue weighted by molar-refractivity contribution is 7.91. The number of ether oxygens (including phenoxy) is 3. The lowest BCUT2D eigenvalue weighted by Crippen LogP contribution is -2.23. The van der Waals surface area contributed by atoms with Crippen LogP contribution >= 0.6 is 0 Å². The molecule has 0 aliphatic carbocycles. The van der Waals surface area contributed by atoms with Crippen LogP contribution in [0.4, 0.5) is 13.2 Å². The normalized spacial score (nSPS) is 19.4. The zero-order chi connectivity index (χ0) is 22.1. The van der Waals surface area contributed by atoms with E-state index in [1.54, 1.807) is 0 Å². The van der Waals surface area contributed by atoms with Crippen LogP contribution in [0.25, 0.3) is 0 Å². The standard InChI is InChI=1S/C21H22F3NO5S/c22-21(23,24)30-17-2-1-3-18(11-17)31(26,27)14-16-6-7-25(13-16)12-15-4-5-19-20(10-15)29-9-8-28-19/h1-5,10-11,16H,6-9,12-14H2/t16-/m1/s1. The molecular formula is C21H22F3NO5S. The van der Waals surface area contributed by atoms with Crippen LogP contribution in [-0.2, 0) is 16.4 Å². The SMILES string of the molecule is O=S(=O)(C[C@@H]1CCN(Cc2ccc3c(c2)OCCO3)C1)c1cccc(OC(F)(F)F)c1. The summed E-state index contributed by atoms with van der Waals surface area (Å²) in [6.45, 7) is 3.02. The van der Waals surface area contributed by atoms with E-state index in [4.69, 9.17) is 9.47 Å². The van der Waals surface area contributed by atoms with Crippen molar-refractivity contribution in [1.29, 1.82) is 0 Å². The molecule has 1 saturated heterocycles. The van der Waals surface area contributed by atoms with E-state index in [2.05, 4.69) is 9.64 Å². The Bertz CT molecular complexity index is 1040. The number of hydrogen-bond donors (Lipinski definition) is 0. The Balaban J connectivity index is 1.37. The molecule has 2 aromatic carbocycles. The summed E-state index contributed by atoms with van der Waals surface area (Å²) in [5.41, 5.74) is 1.05. The number of fused-ring (bicyclic) bond motifs is 1. The number of sulfone groups is 1. The third-order valence-corrected chi connectivity index (χ3v) is 7.12. The predicted octanol–water partition coefficient (Wildman–Crippen LogP) is 3.65. The molecule has 0 N–H and O–H groups in total. The fourth-order valence-electron chi connectivity index (χ4n) is 3.91. The van der Waals surface area contributed by atoms with Gasteiger partial charge < -0.3 is 14.2 Å². The molecule has 0 aromatic heterocycles. The maximum absolute atomic E-state index is 12.7. The summed E-state index contributed by atoms with van der Waals surface area (Å²) < 4.78 is 77.7. The maximum atomic E-state index is 12.7. The minimum absolute atomic E-state index is 0.102. The van der Waals surface area contributed by atoms with Gasteiger partial charge in [0.05, 0.1) is 10.6 Å². The van der Waals surface area contributed by atoms with Crippen molar-refractivity contribution in [3.05, 3.63) is 48.0 Å². The van der Waals surface area contributed by atoms with Crippen LogP contribution < -0.4 is 14.2 Å². The third kappa shape index (κ3) is 5.62. The molecule has 2 heterocycles. The minimum Gasteiger partial charge on any atom is -0.486 e. The molecule has 0 radical (unpaired) electrons. The number of likely N-dealkylation sites (tertiary alicyclic amines) is 1. The van der Waals surface area contributed by atoms with Crippen LogP contribution in [0.5, 0.6) is 17.2 Å². The van der Waals surface area contributed by atoms with E-state index in [0.717, 1.165) is 30.0 Å². The van der Waals surface area contributed by atoms with Crippen LogP contribution in [0.15, 0.2) is 47.4 Å². The number of hydrogen-bond acceptors (Lipinski definition) is 6. The summed E-state index contributed by atoms with van der Waals surface area (Å²) in [5, 5.41) is 0. The Hall–Kier alpha value is -2.46. The lowest BCUT2D eigenvalue weighted by atomic mass is 10.1. The predicted molar refractivity (Wildman–Crippen MR) is 106 cm³/mol. The Morgan fingerprint density at radius 3 is 2.61 bits per heavy atom. The Kier molecular flexibility index (Phi) is 6.02. The highest BCUT2D eigenvalue weighted by atomic mass is 32.2. The van der Waals surface area contributed by atoms with Crippen molar-refractivity contribution in [2.75, 3.05) is 32.1 Å². The molecule has 10 heteroatoms. The summed E-state index contributed by atoms with van der Waals surface area (Å²) in [4.78, 5) is 1.99. The first-order chi connectivity index (χ1) is 14.7. The molecule has 0 spiro atoms. The van der Waals surface area contributed by atoms with Gasteiger partial charge >= 0.3 is 6.36 Å². The molecule has 1 atom stereocenters. The first kappa shape index (κ1) is 21.8. The van der Waals surface area contributed by atoms with E-state index in [1.165, 1.54) is 12.1 Å². The van der Waals surface area contributed by atoms with Crippen molar-refractivity contribution in [2.24, 2.45) is 5.92 Å². The van der Waals surface area contributed by atoms with Crippen LogP contribution in [0.1, 0.15) is 12.0 Å². The Labute approximate surface area is 178 Å². The third-order valence-electron chi connectivity index (χ3n) is 5.24. The first-order valence-corrected chi connectivity index (χ1v) is 11.5. The Morgan fingerprint density at radius 2 is 1.84 bits per heavy atom. The number of halogens is 3. The molecule has 2 aromatic rings. The van der Waals surface area contributed by atoms with Crippen molar-refractivity contribution < 1.29 is 35.8 Å². The van der Waals surface area contributed by atoms with Gasteiger partial charge in [0.25, 0.3) is 0 Å². The Morgan fingerprint density at radius 1 is 1.06 bits per heavy atom. The minimum atomic E-state index is -4.87. The molecule has 0 amide bonds. The number of benzene rings is 2. The topological polar surface area (TPSA) is 65.1 Å². The van der Waals surface area contributed by atoms with Gasteiger partial charge in [-0.1, -0.05) is 12.1 Å². The van der Waals surface area contributed by atoms with Gasteiger partial charge in [0.2, 0.25) is 0 Å². The second-order valence-electron chi connectivity index (χ2n) is 7.67. The van der Waals surface area contributed by atoms with Crippen LogP contribution in [0, 0.1) is 5.92 Å². The van der Waals surface area contributed by atoms with Crippen molar-refractivity contribution in [3.63, 3.8) is 0 Å². The van der Waals surface area contributed by atoms with Crippen LogP contribution in [0.2, 0.25) is 0 Å². The van der Waals surface area contributed by atoms with E-state index in [-0.39, 0.29) is 16.6 Å².